The molecule has 0 fully saturated rings. The van der Waals surface area contributed by atoms with E-state index in [1.807, 2.05) is 32.0 Å². The van der Waals surface area contributed by atoms with Gasteiger partial charge >= 0.3 is 0 Å². The van der Waals surface area contributed by atoms with Crippen LogP contribution in [0.3, 0.4) is 0 Å². The lowest BCUT2D eigenvalue weighted by atomic mass is 10.1. The predicted octanol–water partition coefficient (Wildman–Crippen LogP) is 2.11. The Labute approximate surface area is 162 Å². The third-order valence-corrected chi connectivity index (χ3v) is 5.05. The zero-order valence-electron chi connectivity index (χ0n) is 14.8. The first-order valence-electron chi connectivity index (χ1n) is 7.78. The van der Waals surface area contributed by atoms with Crippen molar-refractivity contribution in [2.45, 2.75) is 27.3 Å². The van der Waals surface area contributed by atoms with E-state index in [9.17, 15) is 8.42 Å². The average molecular weight is 469 g/mol. The van der Waals surface area contributed by atoms with Gasteiger partial charge in [0.2, 0.25) is 0 Å². The number of hydrogen-bond acceptors (Lipinski definition) is 4. The van der Waals surface area contributed by atoms with E-state index < -0.39 is 9.84 Å². The Hall–Kier alpha value is -1.03. The Kier molecular flexibility index (Phi) is 11.0. The summed E-state index contributed by atoms with van der Waals surface area (Å²) in [6.07, 6.45) is 0. The molecule has 1 aromatic rings. The second kappa shape index (κ2) is 11.5. The molecule has 0 aromatic heterocycles. The van der Waals surface area contributed by atoms with Crippen LogP contribution in [0.25, 0.3) is 0 Å². The lowest BCUT2D eigenvalue weighted by molar-refractivity contribution is 0.409. The Morgan fingerprint density at radius 2 is 1.96 bits per heavy atom. The molecule has 138 valence electrons. The van der Waals surface area contributed by atoms with Crippen molar-refractivity contribution < 1.29 is 13.2 Å². The highest BCUT2D eigenvalue weighted by molar-refractivity contribution is 14.0. The van der Waals surface area contributed by atoms with E-state index in [1.165, 1.54) is 0 Å². The number of halogens is 1. The van der Waals surface area contributed by atoms with Crippen molar-refractivity contribution in [1.82, 2.24) is 10.6 Å². The molecule has 0 aliphatic heterocycles. The number of aliphatic imine (C=N–C) groups is 1. The second-order valence-corrected chi connectivity index (χ2v) is 7.65. The van der Waals surface area contributed by atoms with E-state index in [1.54, 1.807) is 14.0 Å². The maximum atomic E-state index is 11.5. The van der Waals surface area contributed by atoms with Gasteiger partial charge in [0, 0.05) is 24.4 Å². The SMILES string of the molecule is CCNC(=NCc1ccc(C)cc1OC)NCCS(=O)(=O)CC.I. The highest BCUT2D eigenvalue weighted by Crippen LogP contribution is 2.20. The monoisotopic (exact) mass is 469 g/mol. The zero-order valence-corrected chi connectivity index (χ0v) is 17.9. The summed E-state index contributed by atoms with van der Waals surface area (Å²) in [6, 6.07) is 5.98. The van der Waals surface area contributed by atoms with Gasteiger partial charge < -0.3 is 15.4 Å². The van der Waals surface area contributed by atoms with Crippen LogP contribution in [0.1, 0.15) is 25.0 Å². The Morgan fingerprint density at radius 3 is 2.54 bits per heavy atom. The first kappa shape index (κ1) is 23.0. The molecule has 0 amide bonds. The summed E-state index contributed by atoms with van der Waals surface area (Å²) >= 11 is 0. The highest BCUT2D eigenvalue weighted by Gasteiger charge is 2.08. The van der Waals surface area contributed by atoms with Crippen LogP contribution in [0.15, 0.2) is 23.2 Å². The molecule has 0 unspecified atom stereocenters. The first-order chi connectivity index (χ1) is 10.9. The molecular weight excluding hydrogens is 441 g/mol. The first-order valence-corrected chi connectivity index (χ1v) is 9.60. The summed E-state index contributed by atoms with van der Waals surface area (Å²) in [5, 5.41) is 6.16. The zero-order chi connectivity index (χ0) is 17.3. The second-order valence-electron chi connectivity index (χ2n) is 5.17. The van der Waals surface area contributed by atoms with Crippen molar-refractivity contribution in [3.63, 3.8) is 0 Å². The van der Waals surface area contributed by atoms with Crippen LogP contribution in [0.2, 0.25) is 0 Å². The summed E-state index contributed by atoms with van der Waals surface area (Å²) in [5.41, 5.74) is 2.11. The Bertz CT molecular complexity index is 633. The van der Waals surface area contributed by atoms with Crippen LogP contribution in [0.4, 0.5) is 0 Å². The molecule has 0 spiro atoms. The molecular formula is C16H28IN3O3S. The lowest BCUT2D eigenvalue weighted by Gasteiger charge is -2.12. The van der Waals surface area contributed by atoms with Crippen molar-refractivity contribution in [1.29, 1.82) is 0 Å². The standard InChI is InChI=1S/C16H27N3O3S.HI/c1-5-17-16(18-9-10-23(20,21)6-2)19-12-14-8-7-13(3)11-15(14)22-4;/h7-8,11H,5-6,9-10,12H2,1-4H3,(H2,17,18,19);1H. The van der Waals surface area contributed by atoms with Gasteiger partial charge in [-0.25, -0.2) is 13.4 Å². The Morgan fingerprint density at radius 1 is 1.25 bits per heavy atom. The highest BCUT2D eigenvalue weighted by atomic mass is 127. The van der Waals surface area contributed by atoms with Crippen LogP contribution in [-0.4, -0.2) is 46.1 Å². The number of aryl methyl sites for hydroxylation is 1. The normalized spacial score (nSPS) is 11.6. The minimum Gasteiger partial charge on any atom is -0.496 e. The molecule has 2 N–H and O–H groups in total. The van der Waals surface area contributed by atoms with E-state index in [-0.39, 0.29) is 35.5 Å². The van der Waals surface area contributed by atoms with Crippen molar-refractivity contribution in [2.75, 3.05) is 31.7 Å². The van der Waals surface area contributed by atoms with Gasteiger partial charge in [0.1, 0.15) is 5.75 Å². The number of benzene rings is 1. The fraction of sp³-hybridized carbons (Fsp3) is 0.562. The lowest BCUT2D eigenvalue weighted by Crippen LogP contribution is -2.39. The molecule has 8 heteroatoms. The molecule has 0 radical (unpaired) electrons. The molecule has 0 saturated carbocycles. The molecule has 24 heavy (non-hydrogen) atoms. The average Bonchev–Trinajstić information content (AvgIpc) is 2.53. The van der Waals surface area contributed by atoms with Crippen molar-refractivity contribution in [3.8, 4) is 5.75 Å². The minimum atomic E-state index is -2.98. The summed E-state index contributed by atoms with van der Waals surface area (Å²) in [4.78, 5) is 4.49. The van der Waals surface area contributed by atoms with Gasteiger partial charge in [-0.2, -0.15) is 0 Å². The maximum Gasteiger partial charge on any atom is 0.191 e. The number of nitrogens with one attached hydrogen (secondary N) is 2. The van der Waals surface area contributed by atoms with Crippen molar-refractivity contribution >= 4 is 39.8 Å². The minimum absolute atomic E-state index is 0. The van der Waals surface area contributed by atoms with Crippen LogP contribution >= 0.6 is 24.0 Å². The molecule has 0 atom stereocenters. The molecule has 0 aliphatic rings. The fourth-order valence-electron chi connectivity index (χ4n) is 1.96. The number of guanidine groups is 1. The van der Waals surface area contributed by atoms with Gasteiger partial charge in [0.15, 0.2) is 15.8 Å². The van der Waals surface area contributed by atoms with Crippen LogP contribution < -0.4 is 15.4 Å². The maximum absolute atomic E-state index is 11.5. The largest absolute Gasteiger partial charge is 0.496 e. The van der Waals surface area contributed by atoms with Gasteiger partial charge in [0.05, 0.1) is 19.4 Å². The van der Waals surface area contributed by atoms with Crippen molar-refractivity contribution in [3.05, 3.63) is 29.3 Å². The molecule has 6 nitrogen and oxygen atoms in total. The van der Waals surface area contributed by atoms with E-state index in [4.69, 9.17) is 4.74 Å². The summed E-state index contributed by atoms with van der Waals surface area (Å²) in [6.45, 7) is 7.13. The van der Waals surface area contributed by atoms with E-state index in [2.05, 4.69) is 15.6 Å². The smallest absolute Gasteiger partial charge is 0.191 e. The quantitative estimate of drug-likeness (QED) is 0.347. The van der Waals surface area contributed by atoms with Crippen molar-refractivity contribution in [2.24, 2.45) is 4.99 Å². The van der Waals surface area contributed by atoms with Gasteiger partial charge in [0.25, 0.3) is 0 Å². The molecule has 1 rings (SSSR count). The fourth-order valence-corrected chi connectivity index (χ4v) is 2.66. The number of ether oxygens (including phenoxy) is 1. The molecule has 0 aliphatic carbocycles. The van der Waals surface area contributed by atoms with Crippen LogP contribution in [-0.2, 0) is 16.4 Å². The van der Waals surface area contributed by atoms with Gasteiger partial charge in [-0.1, -0.05) is 19.1 Å². The van der Waals surface area contributed by atoms with Gasteiger partial charge in [-0.3, -0.25) is 0 Å². The van der Waals surface area contributed by atoms with Crippen LogP contribution in [0, 0.1) is 6.92 Å². The predicted molar refractivity (Wildman–Crippen MR) is 110 cm³/mol. The topological polar surface area (TPSA) is 79.8 Å². The van der Waals surface area contributed by atoms with E-state index >= 15 is 0 Å². The number of hydrogen-bond donors (Lipinski definition) is 2. The number of methoxy groups -OCH3 is 1. The Balaban J connectivity index is 0.00000529. The van der Waals surface area contributed by atoms with E-state index in [0.29, 0.717) is 25.6 Å². The number of sulfone groups is 1. The number of nitrogens with zero attached hydrogens (tertiary/aromatic N) is 1. The molecule has 0 heterocycles. The van der Waals surface area contributed by atoms with Gasteiger partial charge in [-0.15, -0.1) is 24.0 Å². The summed E-state index contributed by atoms with van der Waals surface area (Å²) in [7, 11) is -1.34. The summed E-state index contributed by atoms with van der Waals surface area (Å²) in [5.74, 6) is 1.66. The third-order valence-electron chi connectivity index (χ3n) is 3.34. The summed E-state index contributed by atoms with van der Waals surface area (Å²) < 4.78 is 28.4. The van der Waals surface area contributed by atoms with Gasteiger partial charge in [-0.05, 0) is 25.5 Å². The molecule has 0 bridgehead atoms. The number of rotatable bonds is 8. The third kappa shape index (κ3) is 8.18. The van der Waals surface area contributed by atoms with Crippen LogP contribution in [0.5, 0.6) is 5.75 Å². The molecule has 0 saturated heterocycles. The van der Waals surface area contributed by atoms with E-state index in [0.717, 1.165) is 16.9 Å². The molecule has 1 aromatic carbocycles.